The van der Waals surface area contributed by atoms with Gasteiger partial charge in [0.25, 0.3) is 5.91 Å². The smallest absolute Gasteiger partial charge is 0.257 e. The maximum atomic E-state index is 14.2. The molecule has 0 spiro atoms. The molecule has 1 aliphatic heterocycles. The van der Waals surface area contributed by atoms with E-state index in [1.807, 2.05) is 6.92 Å². The van der Waals surface area contributed by atoms with Gasteiger partial charge in [0.05, 0.1) is 17.8 Å². The van der Waals surface area contributed by atoms with E-state index in [4.69, 9.17) is 4.52 Å². The number of aryl methyl sites for hydroxylation is 1. The number of carbonyl (C=O) groups excluding carboxylic acids is 1. The van der Waals surface area contributed by atoms with Crippen LogP contribution in [0, 0.1) is 5.82 Å². The molecule has 6 nitrogen and oxygen atoms in total. The van der Waals surface area contributed by atoms with Crippen LogP contribution in [0.1, 0.15) is 40.7 Å². The number of carbonyl (C=O) groups is 1. The molecule has 4 rings (SSSR count). The van der Waals surface area contributed by atoms with Crippen LogP contribution in [-0.4, -0.2) is 32.5 Å². The number of hydrogen-bond donors (Lipinski definition) is 0. The van der Waals surface area contributed by atoms with Crippen molar-refractivity contribution in [1.82, 2.24) is 20.0 Å². The molecule has 0 fully saturated rings. The molecular weight excluding hydrogens is 347 g/mol. The van der Waals surface area contributed by atoms with Gasteiger partial charge in [0.15, 0.2) is 0 Å². The number of rotatable bonds is 4. The summed E-state index contributed by atoms with van der Waals surface area (Å²) in [7, 11) is 0. The van der Waals surface area contributed by atoms with Gasteiger partial charge in [0.2, 0.25) is 0 Å². The molecule has 1 amide bonds. The lowest BCUT2D eigenvalue weighted by molar-refractivity contribution is 0.0727. The Morgan fingerprint density at radius 1 is 1.33 bits per heavy atom. The SMILES string of the molecule is CCCc1ncncc1C(=O)N1CCc2onc(-c3ccccc3F)c2C1. The first-order chi connectivity index (χ1) is 13.2. The van der Waals surface area contributed by atoms with Crippen molar-refractivity contribution in [2.45, 2.75) is 32.7 Å². The van der Waals surface area contributed by atoms with Gasteiger partial charge >= 0.3 is 0 Å². The summed E-state index contributed by atoms with van der Waals surface area (Å²) in [5, 5.41) is 4.06. The van der Waals surface area contributed by atoms with Crippen LogP contribution in [-0.2, 0) is 19.4 Å². The van der Waals surface area contributed by atoms with Crippen molar-refractivity contribution in [3.8, 4) is 11.3 Å². The van der Waals surface area contributed by atoms with Gasteiger partial charge in [-0.05, 0) is 18.6 Å². The van der Waals surface area contributed by atoms with Gasteiger partial charge < -0.3 is 9.42 Å². The number of benzene rings is 1. The summed E-state index contributed by atoms with van der Waals surface area (Å²) in [6.07, 6.45) is 5.19. The highest BCUT2D eigenvalue weighted by Gasteiger charge is 2.30. The van der Waals surface area contributed by atoms with Crippen LogP contribution < -0.4 is 0 Å². The number of aromatic nitrogens is 3. The predicted molar refractivity (Wildman–Crippen MR) is 96.4 cm³/mol. The molecule has 2 aromatic heterocycles. The number of nitrogens with zero attached hydrogens (tertiary/aromatic N) is 4. The van der Waals surface area contributed by atoms with Crippen molar-refractivity contribution >= 4 is 5.91 Å². The van der Waals surface area contributed by atoms with Gasteiger partial charge in [-0.1, -0.05) is 30.6 Å². The Balaban J connectivity index is 1.65. The molecule has 0 bridgehead atoms. The molecule has 138 valence electrons. The molecule has 3 heterocycles. The Kier molecular flexibility index (Phi) is 4.66. The predicted octanol–water partition coefficient (Wildman–Crippen LogP) is 3.42. The second-order valence-corrected chi connectivity index (χ2v) is 6.52. The third-order valence-corrected chi connectivity index (χ3v) is 4.76. The lowest BCUT2D eigenvalue weighted by Gasteiger charge is -2.26. The standard InChI is InChI=1S/C20H19FN4O2/c1-2-5-17-14(10-22-12-23-17)20(26)25-9-8-18-15(11-25)19(24-27-18)13-6-3-4-7-16(13)21/h3-4,6-7,10,12H,2,5,8-9,11H2,1H3. The Morgan fingerprint density at radius 3 is 3.00 bits per heavy atom. The van der Waals surface area contributed by atoms with Crippen molar-refractivity contribution < 1.29 is 13.7 Å². The molecule has 0 N–H and O–H groups in total. The quantitative estimate of drug-likeness (QED) is 0.707. The zero-order valence-corrected chi connectivity index (χ0v) is 15.0. The Labute approximate surface area is 156 Å². The molecule has 0 atom stereocenters. The summed E-state index contributed by atoms with van der Waals surface area (Å²) in [5.41, 5.74) is 2.87. The summed E-state index contributed by atoms with van der Waals surface area (Å²) >= 11 is 0. The zero-order chi connectivity index (χ0) is 18.8. The largest absolute Gasteiger partial charge is 0.360 e. The molecular formula is C20H19FN4O2. The number of amides is 1. The zero-order valence-electron chi connectivity index (χ0n) is 15.0. The molecule has 27 heavy (non-hydrogen) atoms. The van der Waals surface area contributed by atoms with Gasteiger partial charge in [-0.2, -0.15) is 0 Å². The maximum Gasteiger partial charge on any atom is 0.257 e. The summed E-state index contributed by atoms with van der Waals surface area (Å²) in [4.78, 5) is 23.1. The van der Waals surface area contributed by atoms with Crippen LogP contribution in [0.25, 0.3) is 11.3 Å². The van der Waals surface area contributed by atoms with Crippen LogP contribution >= 0.6 is 0 Å². The van der Waals surface area contributed by atoms with Crippen molar-refractivity contribution in [2.24, 2.45) is 0 Å². The van der Waals surface area contributed by atoms with Crippen molar-refractivity contribution in [3.05, 3.63) is 65.2 Å². The fourth-order valence-corrected chi connectivity index (χ4v) is 3.39. The van der Waals surface area contributed by atoms with Crippen LogP contribution in [0.15, 0.2) is 41.3 Å². The van der Waals surface area contributed by atoms with E-state index in [1.165, 1.54) is 12.4 Å². The topological polar surface area (TPSA) is 72.1 Å². The normalized spacial score (nSPS) is 13.5. The minimum atomic E-state index is -0.362. The molecule has 1 aliphatic rings. The van der Waals surface area contributed by atoms with E-state index in [0.717, 1.165) is 24.1 Å². The molecule has 0 aliphatic carbocycles. The average Bonchev–Trinajstić information content (AvgIpc) is 3.11. The Morgan fingerprint density at radius 2 is 2.19 bits per heavy atom. The first-order valence-corrected chi connectivity index (χ1v) is 8.99. The number of halogens is 1. The molecule has 0 unspecified atom stereocenters. The minimum absolute atomic E-state index is 0.120. The van der Waals surface area contributed by atoms with E-state index in [9.17, 15) is 9.18 Å². The van der Waals surface area contributed by atoms with Crippen molar-refractivity contribution in [1.29, 1.82) is 0 Å². The highest BCUT2D eigenvalue weighted by molar-refractivity contribution is 5.95. The van der Waals surface area contributed by atoms with E-state index in [1.54, 1.807) is 29.3 Å². The first kappa shape index (κ1) is 17.3. The highest BCUT2D eigenvalue weighted by Crippen LogP contribution is 2.32. The summed E-state index contributed by atoms with van der Waals surface area (Å²) < 4.78 is 19.6. The molecule has 7 heteroatoms. The van der Waals surface area contributed by atoms with Crippen LogP contribution in [0.4, 0.5) is 4.39 Å². The molecule has 3 aromatic rings. The fraction of sp³-hybridized carbons (Fsp3) is 0.300. The summed E-state index contributed by atoms with van der Waals surface area (Å²) in [6.45, 7) is 2.88. The lowest BCUT2D eigenvalue weighted by atomic mass is 10.00. The van der Waals surface area contributed by atoms with E-state index < -0.39 is 0 Å². The van der Waals surface area contributed by atoms with Crippen LogP contribution in [0.5, 0.6) is 0 Å². The average molecular weight is 366 g/mol. The van der Waals surface area contributed by atoms with E-state index >= 15 is 0 Å². The molecule has 1 aromatic carbocycles. The summed E-state index contributed by atoms with van der Waals surface area (Å²) in [5.74, 6) is 0.222. The van der Waals surface area contributed by atoms with Crippen LogP contribution in [0.3, 0.4) is 0 Å². The maximum absolute atomic E-state index is 14.2. The van der Waals surface area contributed by atoms with E-state index in [0.29, 0.717) is 42.1 Å². The molecule has 0 radical (unpaired) electrons. The monoisotopic (exact) mass is 366 g/mol. The third-order valence-electron chi connectivity index (χ3n) is 4.76. The van der Waals surface area contributed by atoms with Gasteiger partial charge in [-0.15, -0.1) is 0 Å². The van der Waals surface area contributed by atoms with Gasteiger partial charge in [-0.25, -0.2) is 14.4 Å². The number of fused-ring (bicyclic) bond motifs is 1. The minimum Gasteiger partial charge on any atom is -0.360 e. The first-order valence-electron chi connectivity index (χ1n) is 8.99. The molecule has 0 saturated heterocycles. The highest BCUT2D eigenvalue weighted by atomic mass is 19.1. The van der Waals surface area contributed by atoms with E-state index in [-0.39, 0.29) is 11.7 Å². The van der Waals surface area contributed by atoms with E-state index in [2.05, 4.69) is 15.1 Å². The Hall–Kier alpha value is -3.09. The van der Waals surface area contributed by atoms with Crippen molar-refractivity contribution in [3.63, 3.8) is 0 Å². The van der Waals surface area contributed by atoms with Gasteiger partial charge in [0.1, 0.15) is 23.6 Å². The second kappa shape index (κ2) is 7.26. The van der Waals surface area contributed by atoms with Gasteiger partial charge in [-0.3, -0.25) is 4.79 Å². The lowest BCUT2D eigenvalue weighted by Crippen LogP contribution is -2.36. The Bertz CT molecular complexity index is 986. The third kappa shape index (κ3) is 3.20. The van der Waals surface area contributed by atoms with Crippen LogP contribution in [0.2, 0.25) is 0 Å². The van der Waals surface area contributed by atoms with Gasteiger partial charge in [0, 0.05) is 30.3 Å². The fourth-order valence-electron chi connectivity index (χ4n) is 3.39. The van der Waals surface area contributed by atoms with Crippen molar-refractivity contribution in [2.75, 3.05) is 6.54 Å². The molecule has 0 saturated carbocycles. The summed E-state index contributed by atoms with van der Waals surface area (Å²) in [6, 6.07) is 6.44. The number of hydrogen-bond acceptors (Lipinski definition) is 5. The second-order valence-electron chi connectivity index (χ2n) is 6.52.